The second-order valence-corrected chi connectivity index (χ2v) is 3.36. The molecule has 0 fully saturated rings. The van der Waals surface area contributed by atoms with Gasteiger partial charge in [0.05, 0.1) is 0 Å². The van der Waals surface area contributed by atoms with Gasteiger partial charge in [0.2, 0.25) is 0 Å². The van der Waals surface area contributed by atoms with E-state index in [2.05, 4.69) is 0 Å². The molecule has 2 aromatic carbocycles. The summed E-state index contributed by atoms with van der Waals surface area (Å²) in [5.41, 5.74) is 0. The molecular weight excluding hydrogens is 199 g/mol. The molecule has 0 bridgehead atoms. The van der Waals surface area contributed by atoms with Gasteiger partial charge in [-0.1, -0.05) is 30.3 Å². The molecule has 2 aromatic rings. The number of hydrogen-bond donors (Lipinski definition) is 0. The molecule has 0 aromatic heterocycles. The Bertz CT molecular complexity index is 400. The summed E-state index contributed by atoms with van der Waals surface area (Å²) in [5.74, 6) is 1.65. The van der Waals surface area contributed by atoms with Crippen LogP contribution < -0.4 is 23.6 Å². The van der Waals surface area contributed by atoms with E-state index in [9.17, 15) is 0 Å². The molecule has 1 nitrogen and oxygen atoms in total. The maximum atomic E-state index is 5.59. The van der Waals surface area contributed by atoms with Crippen molar-refractivity contribution >= 4 is 12.6 Å². The first-order chi connectivity index (χ1) is 6.84. The summed E-state index contributed by atoms with van der Waals surface area (Å²) in [6.07, 6.45) is 0. The van der Waals surface area contributed by atoms with Gasteiger partial charge in [-0.05, 0) is 24.3 Å². The van der Waals surface area contributed by atoms with Crippen molar-refractivity contribution in [2.24, 2.45) is 0 Å². The molecule has 2 rings (SSSR count). The minimum atomic E-state index is 0. The van der Waals surface area contributed by atoms with Gasteiger partial charge in [-0.2, -0.15) is 4.90 Å². The van der Waals surface area contributed by atoms with Crippen LogP contribution in [0.4, 0.5) is 0 Å². The quantitative estimate of drug-likeness (QED) is 0.521. The summed E-state index contributed by atoms with van der Waals surface area (Å²) in [6, 6.07) is 17.1. The van der Waals surface area contributed by atoms with Crippen molar-refractivity contribution in [3.8, 4) is 11.5 Å². The molecular formula is C12H9LiOS. The molecule has 0 saturated carbocycles. The van der Waals surface area contributed by atoms with Crippen LogP contribution in [0, 0.1) is 0 Å². The number of rotatable bonds is 2. The largest absolute Gasteiger partial charge is 1.00 e. The van der Waals surface area contributed by atoms with Gasteiger partial charge in [0.15, 0.2) is 0 Å². The third-order valence-corrected chi connectivity index (χ3v) is 2.07. The van der Waals surface area contributed by atoms with Crippen LogP contribution in [0.1, 0.15) is 0 Å². The number of para-hydroxylation sites is 1. The minimum Gasteiger partial charge on any atom is -0.780 e. The van der Waals surface area contributed by atoms with Gasteiger partial charge >= 0.3 is 18.9 Å². The molecule has 0 unspecified atom stereocenters. The zero-order valence-electron chi connectivity index (χ0n) is 8.51. The van der Waals surface area contributed by atoms with Crippen LogP contribution in [-0.2, 0) is 12.6 Å². The van der Waals surface area contributed by atoms with Crippen molar-refractivity contribution < 1.29 is 23.6 Å². The Morgan fingerprint density at radius 2 is 1.27 bits per heavy atom. The van der Waals surface area contributed by atoms with E-state index in [1.54, 1.807) is 0 Å². The van der Waals surface area contributed by atoms with Crippen molar-refractivity contribution in [2.75, 3.05) is 0 Å². The second kappa shape index (κ2) is 5.82. The molecule has 70 valence electrons. The first-order valence-corrected chi connectivity index (χ1v) is 4.75. The molecule has 0 aliphatic carbocycles. The van der Waals surface area contributed by atoms with E-state index < -0.39 is 0 Å². The molecule has 0 atom stereocenters. The van der Waals surface area contributed by atoms with Crippen LogP contribution in [0.2, 0.25) is 0 Å². The first-order valence-electron chi connectivity index (χ1n) is 4.34. The van der Waals surface area contributed by atoms with E-state index in [0.29, 0.717) is 0 Å². The van der Waals surface area contributed by atoms with Crippen LogP contribution in [-0.4, -0.2) is 0 Å². The van der Waals surface area contributed by atoms with Gasteiger partial charge in [0.1, 0.15) is 11.5 Å². The molecule has 0 spiro atoms. The van der Waals surface area contributed by atoms with Gasteiger partial charge in [-0.25, -0.2) is 0 Å². The summed E-state index contributed by atoms with van der Waals surface area (Å²) in [7, 11) is 0. The molecule has 0 aliphatic heterocycles. The Balaban J connectivity index is 0.00000112. The maximum absolute atomic E-state index is 5.59. The molecule has 0 amide bonds. The fourth-order valence-electron chi connectivity index (χ4n) is 1.13. The Hall–Kier alpha value is -0.943. The van der Waals surface area contributed by atoms with E-state index in [1.165, 1.54) is 0 Å². The first kappa shape index (κ1) is 12.1. The maximum Gasteiger partial charge on any atom is 1.00 e. The molecule has 15 heavy (non-hydrogen) atoms. The predicted molar refractivity (Wildman–Crippen MR) is 58.6 cm³/mol. The standard InChI is InChI=1S/C12H10OS.Li/c14-12-8-6-11(7-9-12)13-10-4-2-1-3-5-10;/h1-9,14H;/q;+1/p-1. The molecule has 0 aliphatic rings. The average Bonchev–Trinajstić information content (AvgIpc) is 2.23. The third-order valence-electron chi connectivity index (χ3n) is 1.80. The van der Waals surface area contributed by atoms with Crippen LogP contribution in [0.3, 0.4) is 0 Å². The van der Waals surface area contributed by atoms with Crippen molar-refractivity contribution in [3.05, 3.63) is 54.6 Å². The number of benzene rings is 2. The van der Waals surface area contributed by atoms with E-state index in [1.807, 2.05) is 54.6 Å². The van der Waals surface area contributed by atoms with Gasteiger partial charge in [0, 0.05) is 0 Å². The molecule has 0 saturated heterocycles. The van der Waals surface area contributed by atoms with E-state index in [0.717, 1.165) is 16.4 Å². The predicted octanol–water partition coefficient (Wildman–Crippen LogP) is 0.389. The Kier molecular flexibility index (Phi) is 4.71. The zero-order valence-corrected chi connectivity index (χ0v) is 9.33. The average molecular weight is 208 g/mol. The third kappa shape index (κ3) is 3.60. The summed E-state index contributed by atoms with van der Waals surface area (Å²) >= 11 is 4.98. The number of hydrogen-bond acceptors (Lipinski definition) is 2. The summed E-state index contributed by atoms with van der Waals surface area (Å²) in [6.45, 7) is 0. The monoisotopic (exact) mass is 208 g/mol. The van der Waals surface area contributed by atoms with Gasteiger partial charge in [-0.15, -0.1) is 0 Å². The summed E-state index contributed by atoms with van der Waals surface area (Å²) < 4.78 is 5.59. The summed E-state index contributed by atoms with van der Waals surface area (Å²) in [4.78, 5) is 0.824. The van der Waals surface area contributed by atoms with E-state index >= 15 is 0 Å². The van der Waals surface area contributed by atoms with Crippen LogP contribution in [0.25, 0.3) is 0 Å². The van der Waals surface area contributed by atoms with E-state index in [-0.39, 0.29) is 18.9 Å². The second-order valence-electron chi connectivity index (χ2n) is 2.89. The van der Waals surface area contributed by atoms with Crippen molar-refractivity contribution in [2.45, 2.75) is 4.90 Å². The fraction of sp³-hybridized carbons (Fsp3) is 0. The fourth-order valence-corrected chi connectivity index (χ4v) is 1.27. The SMILES string of the molecule is [Li+].[S-]c1ccc(Oc2ccccc2)cc1. The Morgan fingerprint density at radius 3 is 1.87 bits per heavy atom. The smallest absolute Gasteiger partial charge is 0.780 e. The van der Waals surface area contributed by atoms with Crippen molar-refractivity contribution in [3.63, 3.8) is 0 Å². The van der Waals surface area contributed by atoms with Gasteiger partial charge < -0.3 is 17.4 Å². The molecule has 0 radical (unpaired) electrons. The molecule has 0 heterocycles. The Labute approximate surface area is 107 Å². The van der Waals surface area contributed by atoms with Crippen molar-refractivity contribution in [1.82, 2.24) is 0 Å². The van der Waals surface area contributed by atoms with Gasteiger partial charge in [-0.3, -0.25) is 0 Å². The zero-order chi connectivity index (χ0) is 9.80. The minimum absolute atomic E-state index is 0. The van der Waals surface area contributed by atoms with E-state index in [4.69, 9.17) is 17.4 Å². The van der Waals surface area contributed by atoms with Crippen LogP contribution in [0.5, 0.6) is 11.5 Å². The van der Waals surface area contributed by atoms with Crippen molar-refractivity contribution in [1.29, 1.82) is 0 Å². The summed E-state index contributed by atoms with van der Waals surface area (Å²) in [5, 5.41) is 0. The van der Waals surface area contributed by atoms with Crippen LogP contribution in [0.15, 0.2) is 59.5 Å². The topological polar surface area (TPSA) is 9.23 Å². The number of ether oxygens (including phenoxy) is 1. The molecule has 3 heteroatoms. The van der Waals surface area contributed by atoms with Crippen LogP contribution >= 0.6 is 0 Å². The van der Waals surface area contributed by atoms with Gasteiger partial charge in [0.25, 0.3) is 0 Å². The Morgan fingerprint density at radius 1 is 0.733 bits per heavy atom. The normalized spacial score (nSPS) is 9.07. The molecule has 0 N–H and O–H groups in total.